The summed E-state index contributed by atoms with van der Waals surface area (Å²) in [6, 6.07) is 9.55. The van der Waals surface area contributed by atoms with E-state index in [0.29, 0.717) is 0 Å². The molecule has 0 radical (unpaired) electrons. The summed E-state index contributed by atoms with van der Waals surface area (Å²) in [5, 5.41) is 6.57. The highest BCUT2D eigenvalue weighted by Crippen LogP contribution is 2.33. The van der Waals surface area contributed by atoms with Gasteiger partial charge in [-0.1, -0.05) is 6.07 Å². The highest BCUT2D eigenvalue weighted by molar-refractivity contribution is 9.10. The molecule has 0 spiro atoms. The predicted molar refractivity (Wildman–Crippen MR) is 89.3 cm³/mol. The summed E-state index contributed by atoms with van der Waals surface area (Å²) in [5.74, 6) is -0.172. The minimum Gasteiger partial charge on any atom is -0.312 e. The van der Waals surface area contributed by atoms with Gasteiger partial charge in [-0.2, -0.15) is 0 Å². The Morgan fingerprint density at radius 2 is 2.15 bits per heavy atom. The lowest BCUT2D eigenvalue weighted by molar-refractivity contribution is 0.607. The molecule has 0 bridgehead atoms. The second-order valence-corrected chi connectivity index (χ2v) is 7.63. The molecule has 3 rings (SSSR count). The maximum Gasteiger partial charge on any atom is 0.124 e. The lowest BCUT2D eigenvalue weighted by Gasteiger charge is -2.12. The highest BCUT2D eigenvalue weighted by Gasteiger charge is 2.14. The molecule has 5 heteroatoms. The maximum atomic E-state index is 13.3. The summed E-state index contributed by atoms with van der Waals surface area (Å²) in [7, 11) is 1.97. The molecule has 0 aliphatic carbocycles. The van der Waals surface area contributed by atoms with Gasteiger partial charge in [0.15, 0.2) is 0 Å². The zero-order chi connectivity index (χ0) is 14.1. The number of benzene rings is 1. The van der Waals surface area contributed by atoms with E-state index in [-0.39, 0.29) is 11.9 Å². The summed E-state index contributed by atoms with van der Waals surface area (Å²) in [6.45, 7) is 0. The number of halogens is 2. The summed E-state index contributed by atoms with van der Waals surface area (Å²) in [6.07, 6.45) is 0.946. The van der Waals surface area contributed by atoms with Crippen LogP contribution in [0.5, 0.6) is 0 Å². The van der Waals surface area contributed by atoms with Crippen LogP contribution in [0.3, 0.4) is 0 Å². The van der Waals surface area contributed by atoms with E-state index < -0.39 is 0 Å². The van der Waals surface area contributed by atoms with Crippen LogP contribution < -0.4 is 5.32 Å². The smallest absolute Gasteiger partial charge is 0.124 e. The molecule has 1 atom stereocenters. The van der Waals surface area contributed by atoms with Crippen molar-refractivity contribution < 1.29 is 4.39 Å². The van der Waals surface area contributed by atoms with E-state index in [4.69, 9.17) is 0 Å². The first-order chi connectivity index (χ1) is 9.65. The molecule has 0 amide bonds. The fourth-order valence-corrected chi connectivity index (χ4v) is 4.90. The lowest BCUT2D eigenvalue weighted by Crippen LogP contribution is -2.17. The van der Waals surface area contributed by atoms with Crippen molar-refractivity contribution in [3.8, 4) is 0 Å². The van der Waals surface area contributed by atoms with E-state index in [1.807, 2.05) is 13.1 Å². The summed E-state index contributed by atoms with van der Waals surface area (Å²) >= 11 is 6.90. The molecule has 3 aromatic rings. The van der Waals surface area contributed by atoms with Gasteiger partial charge < -0.3 is 5.32 Å². The Hall–Kier alpha value is -0.750. The molecular formula is C15H13BrFNS2. The molecule has 2 heterocycles. The number of hydrogen-bond acceptors (Lipinski definition) is 3. The Labute approximate surface area is 133 Å². The number of thiophene rings is 2. The van der Waals surface area contributed by atoms with Crippen molar-refractivity contribution in [2.75, 3.05) is 7.05 Å². The topological polar surface area (TPSA) is 12.0 Å². The average Bonchev–Trinajstić information content (AvgIpc) is 3.01. The minimum absolute atomic E-state index is 0.172. The van der Waals surface area contributed by atoms with Gasteiger partial charge in [0.1, 0.15) is 5.82 Å². The number of rotatable bonds is 4. The van der Waals surface area contributed by atoms with Crippen molar-refractivity contribution in [1.29, 1.82) is 0 Å². The Morgan fingerprint density at radius 3 is 2.85 bits per heavy atom. The number of hydrogen-bond donors (Lipinski definition) is 1. The van der Waals surface area contributed by atoms with E-state index >= 15 is 0 Å². The van der Waals surface area contributed by atoms with Crippen molar-refractivity contribution in [1.82, 2.24) is 5.32 Å². The van der Waals surface area contributed by atoms with E-state index in [0.717, 1.165) is 21.0 Å². The Balaban J connectivity index is 1.90. The van der Waals surface area contributed by atoms with Crippen LogP contribution in [0.25, 0.3) is 10.1 Å². The third-order valence-electron chi connectivity index (χ3n) is 3.22. The number of likely N-dealkylation sites (N-methyl/N-ethyl adjacent to an activating group) is 1. The quantitative estimate of drug-likeness (QED) is 0.651. The molecule has 1 N–H and O–H groups in total. The van der Waals surface area contributed by atoms with Crippen LogP contribution in [0, 0.1) is 5.82 Å². The van der Waals surface area contributed by atoms with Crippen molar-refractivity contribution in [3.63, 3.8) is 0 Å². The van der Waals surface area contributed by atoms with Crippen LogP contribution in [-0.2, 0) is 6.42 Å². The first-order valence-electron chi connectivity index (χ1n) is 6.25. The van der Waals surface area contributed by atoms with Gasteiger partial charge in [-0.15, -0.1) is 22.7 Å². The van der Waals surface area contributed by atoms with Gasteiger partial charge in [0.25, 0.3) is 0 Å². The lowest BCUT2D eigenvalue weighted by atomic mass is 10.1. The average molecular weight is 370 g/mol. The van der Waals surface area contributed by atoms with Crippen LogP contribution in [0.2, 0.25) is 0 Å². The standard InChI is InChI=1S/C15H13BrFNS2/c1-18-13(7-12-5-10(16)8-19-12)15-4-9-2-3-11(17)6-14(9)20-15/h2-6,8,13,18H,7H2,1H3. The summed E-state index contributed by atoms with van der Waals surface area (Å²) in [4.78, 5) is 2.58. The zero-order valence-corrected chi connectivity index (χ0v) is 14.0. The monoisotopic (exact) mass is 369 g/mol. The van der Waals surface area contributed by atoms with Crippen LogP contribution in [-0.4, -0.2) is 7.05 Å². The SMILES string of the molecule is CNC(Cc1cc(Br)cs1)c1cc2ccc(F)cc2s1. The molecule has 0 saturated carbocycles. The fourth-order valence-electron chi connectivity index (χ4n) is 2.20. The molecule has 1 aromatic carbocycles. The van der Waals surface area contributed by atoms with E-state index in [9.17, 15) is 4.39 Å². The van der Waals surface area contributed by atoms with Crippen LogP contribution in [0.1, 0.15) is 15.8 Å². The van der Waals surface area contributed by atoms with Gasteiger partial charge in [-0.3, -0.25) is 0 Å². The van der Waals surface area contributed by atoms with Gasteiger partial charge in [0.05, 0.1) is 0 Å². The molecule has 104 valence electrons. The molecule has 0 fully saturated rings. The first kappa shape index (κ1) is 14.2. The minimum atomic E-state index is -0.172. The van der Waals surface area contributed by atoms with Crippen molar-refractivity contribution in [3.05, 3.63) is 55.8 Å². The Kier molecular flexibility index (Phi) is 4.21. The summed E-state index contributed by atoms with van der Waals surface area (Å²) < 4.78 is 15.4. The van der Waals surface area contributed by atoms with Gasteiger partial charge in [0.2, 0.25) is 0 Å². The Morgan fingerprint density at radius 1 is 1.30 bits per heavy atom. The molecule has 20 heavy (non-hydrogen) atoms. The molecule has 0 aliphatic heterocycles. The molecule has 1 unspecified atom stereocenters. The van der Waals surface area contributed by atoms with Gasteiger partial charge in [-0.05, 0) is 52.6 Å². The summed E-state index contributed by atoms with van der Waals surface area (Å²) in [5.41, 5.74) is 0. The molecule has 1 nitrogen and oxygen atoms in total. The molecular weight excluding hydrogens is 357 g/mol. The van der Waals surface area contributed by atoms with Crippen LogP contribution in [0.4, 0.5) is 4.39 Å². The van der Waals surface area contributed by atoms with Crippen molar-refractivity contribution >= 4 is 48.7 Å². The van der Waals surface area contributed by atoms with Crippen LogP contribution in [0.15, 0.2) is 40.2 Å². The number of nitrogens with one attached hydrogen (secondary N) is 1. The van der Waals surface area contributed by atoms with Gasteiger partial charge in [-0.25, -0.2) is 4.39 Å². The maximum absolute atomic E-state index is 13.3. The van der Waals surface area contributed by atoms with E-state index in [1.165, 1.54) is 15.8 Å². The van der Waals surface area contributed by atoms with E-state index in [1.54, 1.807) is 28.7 Å². The fraction of sp³-hybridized carbons (Fsp3) is 0.200. The first-order valence-corrected chi connectivity index (χ1v) is 8.74. The van der Waals surface area contributed by atoms with E-state index in [2.05, 4.69) is 38.8 Å². The largest absolute Gasteiger partial charge is 0.312 e. The highest BCUT2D eigenvalue weighted by atomic mass is 79.9. The Bertz CT molecular complexity index is 734. The molecule has 0 saturated heterocycles. The predicted octanol–water partition coefficient (Wildman–Crippen LogP) is 5.37. The second-order valence-electron chi connectivity index (χ2n) is 4.61. The van der Waals surface area contributed by atoms with Gasteiger partial charge >= 0.3 is 0 Å². The molecule has 2 aromatic heterocycles. The molecule has 0 aliphatic rings. The second kappa shape index (κ2) is 5.93. The zero-order valence-electron chi connectivity index (χ0n) is 10.8. The number of fused-ring (bicyclic) bond motifs is 1. The van der Waals surface area contributed by atoms with Crippen LogP contribution >= 0.6 is 38.6 Å². The normalized spacial score (nSPS) is 12.9. The van der Waals surface area contributed by atoms with Crippen molar-refractivity contribution in [2.24, 2.45) is 0 Å². The van der Waals surface area contributed by atoms with Gasteiger partial charge in [0, 0.05) is 36.8 Å². The third kappa shape index (κ3) is 2.96. The van der Waals surface area contributed by atoms with Crippen molar-refractivity contribution in [2.45, 2.75) is 12.5 Å². The third-order valence-corrected chi connectivity index (χ3v) is 6.15.